The fourth-order valence-electron chi connectivity index (χ4n) is 3.25. The molecule has 0 saturated carbocycles. The highest BCUT2D eigenvalue weighted by molar-refractivity contribution is 5.81. The van der Waals surface area contributed by atoms with Crippen molar-refractivity contribution >= 4 is 28.0 Å². The smallest absolute Gasteiger partial charge is 0.329 e. The van der Waals surface area contributed by atoms with Crippen molar-refractivity contribution < 1.29 is 4.79 Å². The van der Waals surface area contributed by atoms with E-state index >= 15 is 0 Å². The molecule has 2 aromatic carbocycles. The largest absolute Gasteiger partial charge is 0.347 e. The summed E-state index contributed by atoms with van der Waals surface area (Å²) in [5, 5.41) is 2.86. The van der Waals surface area contributed by atoms with E-state index in [1.165, 1.54) is 4.57 Å². The minimum absolute atomic E-state index is 0.0237. The number of carbonyl (C=O) groups excluding carboxylic acids is 1. The fraction of sp³-hybridized carbons (Fsp3) is 0.211. The maximum atomic E-state index is 12.4. The van der Waals surface area contributed by atoms with Gasteiger partial charge in [-0.25, -0.2) is 9.78 Å². The van der Waals surface area contributed by atoms with Gasteiger partial charge in [-0.2, -0.15) is 0 Å². The first-order valence-electron chi connectivity index (χ1n) is 8.37. The highest BCUT2D eigenvalue weighted by atomic mass is 16.2. The number of amides is 1. The SMILES string of the molecule is Cn1c(CNC(=O)Cn2c(=O)n(C)c3ccccc32)nc2ccccc21. The quantitative estimate of drug-likeness (QED) is 0.607. The lowest BCUT2D eigenvalue weighted by atomic mass is 10.3. The first-order valence-corrected chi connectivity index (χ1v) is 8.37. The van der Waals surface area contributed by atoms with Crippen molar-refractivity contribution in [3.8, 4) is 0 Å². The number of para-hydroxylation sites is 4. The molecule has 0 aliphatic carbocycles. The second kappa shape index (κ2) is 6.18. The zero-order valence-corrected chi connectivity index (χ0v) is 14.6. The van der Waals surface area contributed by atoms with Crippen LogP contribution in [0.1, 0.15) is 5.82 Å². The molecular formula is C19H19N5O2. The molecule has 0 spiro atoms. The maximum absolute atomic E-state index is 12.4. The van der Waals surface area contributed by atoms with Crippen LogP contribution in [0.4, 0.5) is 0 Å². The van der Waals surface area contributed by atoms with Gasteiger partial charge in [-0.3, -0.25) is 13.9 Å². The van der Waals surface area contributed by atoms with E-state index < -0.39 is 0 Å². The Kier molecular flexibility index (Phi) is 3.84. The van der Waals surface area contributed by atoms with Gasteiger partial charge in [-0.1, -0.05) is 24.3 Å². The van der Waals surface area contributed by atoms with Crippen molar-refractivity contribution in [1.29, 1.82) is 0 Å². The second-order valence-electron chi connectivity index (χ2n) is 6.27. The summed E-state index contributed by atoms with van der Waals surface area (Å²) in [6, 6.07) is 15.3. The van der Waals surface area contributed by atoms with E-state index in [0.717, 1.165) is 27.9 Å². The molecular weight excluding hydrogens is 330 g/mol. The van der Waals surface area contributed by atoms with E-state index in [1.807, 2.05) is 60.1 Å². The van der Waals surface area contributed by atoms with E-state index in [9.17, 15) is 9.59 Å². The predicted octanol–water partition coefficient (Wildman–Crippen LogP) is 1.54. The third-order valence-electron chi connectivity index (χ3n) is 4.68. The number of rotatable bonds is 4. The Bertz CT molecular complexity index is 1180. The number of nitrogens with zero attached hydrogens (tertiary/aromatic N) is 4. The highest BCUT2D eigenvalue weighted by Gasteiger charge is 2.14. The van der Waals surface area contributed by atoms with Gasteiger partial charge in [-0.05, 0) is 24.3 Å². The van der Waals surface area contributed by atoms with Gasteiger partial charge < -0.3 is 9.88 Å². The van der Waals surface area contributed by atoms with E-state index in [0.29, 0.717) is 6.54 Å². The van der Waals surface area contributed by atoms with E-state index in [-0.39, 0.29) is 18.1 Å². The van der Waals surface area contributed by atoms with Gasteiger partial charge in [0.25, 0.3) is 0 Å². The minimum atomic E-state index is -0.226. The third-order valence-corrected chi connectivity index (χ3v) is 4.68. The molecule has 7 heteroatoms. The van der Waals surface area contributed by atoms with Crippen molar-refractivity contribution in [1.82, 2.24) is 24.0 Å². The van der Waals surface area contributed by atoms with Crippen molar-refractivity contribution in [2.75, 3.05) is 0 Å². The summed E-state index contributed by atoms with van der Waals surface area (Å²) in [6.07, 6.45) is 0. The molecule has 4 rings (SSSR count). The lowest BCUT2D eigenvalue weighted by Crippen LogP contribution is -2.32. The van der Waals surface area contributed by atoms with Crippen molar-refractivity contribution in [2.24, 2.45) is 14.1 Å². The number of hydrogen-bond acceptors (Lipinski definition) is 3. The first-order chi connectivity index (χ1) is 12.6. The number of nitrogens with one attached hydrogen (secondary N) is 1. The zero-order chi connectivity index (χ0) is 18.3. The molecule has 0 bridgehead atoms. The summed E-state index contributed by atoms with van der Waals surface area (Å²) in [7, 11) is 3.63. The lowest BCUT2D eigenvalue weighted by Gasteiger charge is -2.06. The zero-order valence-electron chi connectivity index (χ0n) is 14.6. The van der Waals surface area contributed by atoms with Gasteiger partial charge in [0, 0.05) is 14.1 Å². The molecule has 7 nitrogen and oxygen atoms in total. The summed E-state index contributed by atoms with van der Waals surface area (Å²) >= 11 is 0. The number of aromatic nitrogens is 4. The molecule has 0 aliphatic rings. The molecule has 2 heterocycles. The average molecular weight is 349 g/mol. The summed E-state index contributed by atoms with van der Waals surface area (Å²) in [5.74, 6) is 0.542. The number of hydrogen-bond donors (Lipinski definition) is 1. The summed E-state index contributed by atoms with van der Waals surface area (Å²) in [4.78, 5) is 29.3. The Balaban J connectivity index is 1.54. The van der Waals surface area contributed by atoms with E-state index in [2.05, 4.69) is 10.3 Å². The molecule has 0 radical (unpaired) electrons. The van der Waals surface area contributed by atoms with Gasteiger partial charge >= 0.3 is 5.69 Å². The molecule has 26 heavy (non-hydrogen) atoms. The van der Waals surface area contributed by atoms with E-state index in [1.54, 1.807) is 11.6 Å². The predicted molar refractivity (Wildman–Crippen MR) is 99.7 cm³/mol. The number of fused-ring (bicyclic) bond motifs is 2. The van der Waals surface area contributed by atoms with Crippen LogP contribution in [0.15, 0.2) is 53.3 Å². The highest BCUT2D eigenvalue weighted by Crippen LogP contribution is 2.14. The Morgan fingerprint density at radius 2 is 1.62 bits per heavy atom. The van der Waals surface area contributed by atoms with E-state index in [4.69, 9.17) is 0 Å². The molecule has 4 aromatic rings. The van der Waals surface area contributed by atoms with Crippen LogP contribution in [0.2, 0.25) is 0 Å². The van der Waals surface area contributed by atoms with Gasteiger partial charge in [0.05, 0.1) is 28.6 Å². The number of imidazole rings is 2. The van der Waals surface area contributed by atoms with Crippen LogP contribution >= 0.6 is 0 Å². The Hall–Kier alpha value is -3.35. The lowest BCUT2D eigenvalue weighted by molar-refractivity contribution is -0.121. The number of carbonyl (C=O) groups is 1. The average Bonchev–Trinajstić information content (AvgIpc) is 3.10. The van der Waals surface area contributed by atoms with Crippen molar-refractivity contribution in [3.05, 3.63) is 64.8 Å². The summed E-state index contributed by atoms with van der Waals surface area (Å²) in [5.41, 5.74) is 3.26. The number of aryl methyl sites for hydroxylation is 2. The molecule has 132 valence electrons. The van der Waals surface area contributed by atoms with Crippen molar-refractivity contribution in [3.63, 3.8) is 0 Å². The molecule has 1 amide bonds. The maximum Gasteiger partial charge on any atom is 0.329 e. The number of benzene rings is 2. The van der Waals surface area contributed by atoms with Gasteiger partial charge in [0.15, 0.2) is 0 Å². The minimum Gasteiger partial charge on any atom is -0.347 e. The Morgan fingerprint density at radius 1 is 0.962 bits per heavy atom. The normalized spacial score (nSPS) is 11.3. The Morgan fingerprint density at radius 3 is 2.35 bits per heavy atom. The standard InChI is InChI=1S/C19H19N5O2/c1-22-14-8-4-3-7-13(14)21-17(22)11-20-18(25)12-24-16-10-6-5-9-15(16)23(2)19(24)26/h3-10H,11-12H2,1-2H3,(H,20,25). The van der Waals surface area contributed by atoms with Crippen LogP contribution in [-0.2, 0) is 32.0 Å². The first kappa shape index (κ1) is 16.1. The molecule has 0 fully saturated rings. The third kappa shape index (κ3) is 2.57. The monoisotopic (exact) mass is 349 g/mol. The van der Waals surface area contributed by atoms with Crippen LogP contribution in [0, 0.1) is 0 Å². The van der Waals surface area contributed by atoms with Gasteiger partial charge in [0.2, 0.25) is 5.91 Å². The molecule has 0 unspecified atom stereocenters. The van der Waals surface area contributed by atoms with Crippen LogP contribution in [0.3, 0.4) is 0 Å². The summed E-state index contributed by atoms with van der Waals surface area (Å²) < 4.78 is 4.99. The van der Waals surface area contributed by atoms with Crippen LogP contribution < -0.4 is 11.0 Å². The molecule has 0 saturated heterocycles. The van der Waals surface area contributed by atoms with Gasteiger partial charge in [0.1, 0.15) is 12.4 Å². The molecule has 2 aromatic heterocycles. The Labute approximate surface area is 149 Å². The van der Waals surface area contributed by atoms with Crippen LogP contribution in [0.5, 0.6) is 0 Å². The van der Waals surface area contributed by atoms with Crippen molar-refractivity contribution in [2.45, 2.75) is 13.1 Å². The summed E-state index contributed by atoms with van der Waals surface area (Å²) in [6.45, 7) is 0.285. The second-order valence-corrected chi connectivity index (χ2v) is 6.27. The topological polar surface area (TPSA) is 73.8 Å². The van der Waals surface area contributed by atoms with Gasteiger partial charge in [-0.15, -0.1) is 0 Å². The molecule has 1 N–H and O–H groups in total. The molecule has 0 atom stereocenters. The van der Waals surface area contributed by atoms with Crippen LogP contribution in [0.25, 0.3) is 22.1 Å². The fourth-order valence-corrected chi connectivity index (χ4v) is 3.25. The molecule has 0 aliphatic heterocycles. The van der Waals surface area contributed by atoms with Crippen LogP contribution in [-0.4, -0.2) is 24.6 Å².